The summed E-state index contributed by atoms with van der Waals surface area (Å²) in [7, 11) is 0. The molecule has 0 saturated carbocycles. The molecule has 2 N–H and O–H groups in total. The van der Waals surface area contributed by atoms with Gasteiger partial charge in [-0.25, -0.2) is 9.97 Å². The van der Waals surface area contributed by atoms with Crippen molar-refractivity contribution in [3.05, 3.63) is 11.9 Å². The van der Waals surface area contributed by atoms with Crippen LogP contribution in [-0.4, -0.2) is 29.7 Å². The van der Waals surface area contributed by atoms with Crippen molar-refractivity contribution in [3.63, 3.8) is 0 Å². The van der Waals surface area contributed by atoms with Crippen molar-refractivity contribution in [3.8, 4) is 0 Å². The second-order valence-corrected chi connectivity index (χ2v) is 5.58. The molecule has 1 heterocycles. The molecule has 0 atom stereocenters. The van der Waals surface area contributed by atoms with Crippen LogP contribution < -0.4 is 10.6 Å². The van der Waals surface area contributed by atoms with E-state index in [0.29, 0.717) is 13.2 Å². The topological polar surface area (TPSA) is 59.1 Å². The summed E-state index contributed by atoms with van der Waals surface area (Å²) in [5.74, 6) is 3.21. The van der Waals surface area contributed by atoms with Crippen molar-refractivity contribution in [2.75, 3.05) is 30.3 Å². The number of hydrogen-bond donors (Lipinski definition) is 2. The molecule has 5 heteroatoms. The lowest BCUT2D eigenvalue weighted by Crippen LogP contribution is -2.10. The summed E-state index contributed by atoms with van der Waals surface area (Å²) in [6.07, 6.45) is 3.45. The Balaban J connectivity index is 2.61. The van der Waals surface area contributed by atoms with Crippen molar-refractivity contribution in [1.29, 1.82) is 0 Å². The number of aromatic nitrogens is 2. The van der Waals surface area contributed by atoms with Crippen molar-refractivity contribution < 1.29 is 4.74 Å². The molecule has 1 rings (SSSR count). The Morgan fingerprint density at radius 1 is 1.10 bits per heavy atom. The van der Waals surface area contributed by atoms with Gasteiger partial charge in [-0.3, -0.25) is 0 Å². The van der Waals surface area contributed by atoms with Gasteiger partial charge in [0.1, 0.15) is 18.2 Å². The largest absolute Gasteiger partial charge is 0.374 e. The number of rotatable bonds is 11. The van der Waals surface area contributed by atoms with Crippen molar-refractivity contribution in [2.24, 2.45) is 5.92 Å². The molecule has 1 aromatic heterocycles. The molecule has 120 valence electrons. The third kappa shape index (κ3) is 7.85. The van der Waals surface area contributed by atoms with Crippen LogP contribution in [0, 0.1) is 5.92 Å². The number of nitrogens with zero attached hydrogens (tertiary/aromatic N) is 2. The lowest BCUT2D eigenvalue weighted by atomic mass is 10.1. The van der Waals surface area contributed by atoms with E-state index in [4.69, 9.17) is 4.74 Å². The van der Waals surface area contributed by atoms with Gasteiger partial charge in [0, 0.05) is 25.8 Å². The van der Waals surface area contributed by atoms with E-state index in [9.17, 15) is 0 Å². The van der Waals surface area contributed by atoms with Crippen molar-refractivity contribution in [2.45, 2.75) is 53.6 Å². The first-order valence-corrected chi connectivity index (χ1v) is 8.09. The van der Waals surface area contributed by atoms with E-state index >= 15 is 0 Å². The Morgan fingerprint density at radius 2 is 1.76 bits per heavy atom. The fraction of sp³-hybridized carbons (Fsp3) is 0.750. The van der Waals surface area contributed by atoms with Crippen LogP contribution in [0.15, 0.2) is 6.07 Å². The maximum Gasteiger partial charge on any atom is 0.158 e. The Morgan fingerprint density at radius 3 is 2.33 bits per heavy atom. The summed E-state index contributed by atoms with van der Waals surface area (Å²) in [4.78, 5) is 8.99. The lowest BCUT2D eigenvalue weighted by Gasteiger charge is -2.11. The maximum atomic E-state index is 5.41. The van der Waals surface area contributed by atoms with Crippen LogP contribution in [0.1, 0.15) is 52.8 Å². The highest BCUT2D eigenvalue weighted by atomic mass is 16.5. The van der Waals surface area contributed by atoms with E-state index in [1.165, 1.54) is 6.42 Å². The van der Waals surface area contributed by atoms with E-state index in [1.54, 1.807) is 0 Å². The summed E-state index contributed by atoms with van der Waals surface area (Å²) in [6.45, 7) is 11.6. The van der Waals surface area contributed by atoms with Crippen LogP contribution in [0.25, 0.3) is 0 Å². The lowest BCUT2D eigenvalue weighted by molar-refractivity contribution is 0.128. The number of hydrogen-bond acceptors (Lipinski definition) is 5. The quantitative estimate of drug-likeness (QED) is 0.610. The second kappa shape index (κ2) is 10.4. The standard InChI is InChI=1S/C16H30N4O/c1-5-9-17-14-11-15(18-10-7-8-13(3)4)20-16(19-14)12-21-6-2/h11,13H,5-10,12H2,1-4H3,(H2,17,18,19,20). The van der Waals surface area contributed by atoms with Gasteiger partial charge >= 0.3 is 0 Å². The Kier molecular flexibility index (Phi) is 8.74. The summed E-state index contributed by atoms with van der Waals surface area (Å²) in [5.41, 5.74) is 0. The van der Waals surface area contributed by atoms with Crippen LogP contribution in [-0.2, 0) is 11.3 Å². The minimum absolute atomic E-state index is 0.457. The average Bonchev–Trinajstić information content (AvgIpc) is 2.47. The molecule has 1 aromatic rings. The average molecular weight is 294 g/mol. The molecule has 0 saturated heterocycles. The van der Waals surface area contributed by atoms with Gasteiger partial charge in [-0.1, -0.05) is 20.8 Å². The SMILES string of the molecule is CCCNc1cc(NCCCC(C)C)nc(COCC)n1. The molecule has 5 nitrogen and oxygen atoms in total. The summed E-state index contributed by atoms with van der Waals surface area (Å²) < 4.78 is 5.41. The molecule has 0 aliphatic carbocycles. The Hall–Kier alpha value is -1.36. The van der Waals surface area contributed by atoms with Crippen LogP contribution in [0.3, 0.4) is 0 Å². The van der Waals surface area contributed by atoms with Crippen LogP contribution in [0.2, 0.25) is 0 Å². The predicted molar refractivity (Wildman–Crippen MR) is 88.7 cm³/mol. The molecule has 0 radical (unpaired) electrons. The fourth-order valence-corrected chi connectivity index (χ4v) is 1.92. The number of nitrogens with one attached hydrogen (secondary N) is 2. The molecule has 0 amide bonds. The predicted octanol–water partition coefficient (Wildman–Crippen LogP) is 3.68. The first-order chi connectivity index (χ1) is 10.2. The monoisotopic (exact) mass is 294 g/mol. The number of anilines is 2. The van der Waals surface area contributed by atoms with E-state index in [2.05, 4.69) is 41.4 Å². The highest BCUT2D eigenvalue weighted by Gasteiger charge is 2.05. The first-order valence-electron chi connectivity index (χ1n) is 8.09. The highest BCUT2D eigenvalue weighted by Crippen LogP contribution is 2.13. The molecule has 0 unspecified atom stereocenters. The molecule has 0 spiro atoms. The zero-order valence-corrected chi connectivity index (χ0v) is 13.9. The molecule has 0 aliphatic heterocycles. The normalized spacial score (nSPS) is 10.9. The van der Waals surface area contributed by atoms with Gasteiger partial charge in [0.15, 0.2) is 5.82 Å². The number of ether oxygens (including phenoxy) is 1. The van der Waals surface area contributed by atoms with Gasteiger partial charge in [0.25, 0.3) is 0 Å². The van der Waals surface area contributed by atoms with Crippen LogP contribution >= 0.6 is 0 Å². The molecule has 0 aliphatic rings. The van der Waals surface area contributed by atoms with Gasteiger partial charge in [0.05, 0.1) is 0 Å². The summed E-state index contributed by atoms with van der Waals surface area (Å²) in [5, 5.41) is 6.70. The van der Waals surface area contributed by atoms with Gasteiger partial charge < -0.3 is 15.4 Å². The van der Waals surface area contributed by atoms with Crippen molar-refractivity contribution >= 4 is 11.6 Å². The van der Waals surface area contributed by atoms with Gasteiger partial charge in [0.2, 0.25) is 0 Å². The van der Waals surface area contributed by atoms with E-state index in [1.807, 2.05) is 13.0 Å². The van der Waals surface area contributed by atoms with Crippen LogP contribution in [0.4, 0.5) is 11.6 Å². The molecule has 21 heavy (non-hydrogen) atoms. The van der Waals surface area contributed by atoms with E-state index < -0.39 is 0 Å². The van der Waals surface area contributed by atoms with Gasteiger partial charge in [-0.15, -0.1) is 0 Å². The minimum atomic E-state index is 0.457. The third-order valence-electron chi connectivity index (χ3n) is 3.03. The third-order valence-corrected chi connectivity index (χ3v) is 3.03. The maximum absolute atomic E-state index is 5.41. The van der Waals surface area contributed by atoms with Crippen molar-refractivity contribution in [1.82, 2.24) is 9.97 Å². The summed E-state index contributed by atoms with van der Waals surface area (Å²) >= 11 is 0. The van der Waals surface area contributed by atoms with Crippen LogP contribution in [0.5, 0.6) is 0 Å². The highest BCUT2D eigenvalue weighted by molar-refractivity contribution is 5.47. The first kappa shape index (κ1) is 17.7. The minimum Gasteiger partial charge on any atom is -0.374 e. The second-order valence-electron chi connectivity index (χ2n) is 5.58. The zero-order chi connectivity index (χ0) is 15.5. The zero-order valence-electron chi connectivity index (χ0n) is 13.9. The molecule has 0 fully saturated rings. The Bertz CT molecular complexity index is 370. The molecular formula is C16H30N4O. The molecule has 0 aromatic carbocycles. The van der Waals surface area contributed by atoms with E-state index in [0.717, 1.165) is 49.3 Å². The van der Waals surface area contributed by atoms with Gasteiger partial charge in [-0.05, 0) is 32.1 Å². The Labute approximate surface area is 128 Å². The molecule has 0 bridgehead atoms. The fourth-order valence-electron chi connectivity index (χ4n) is 1.92. The summed E-state index contributed by atoms with van der Waals surface area (Å²) in [6, 6.07) is 1.97. The smallest absolute Gasteiger partial charge is 0.158 e. The molecular weight excluding hydrogens is 264 g/mol. The van der Waals surface area contributed by atoms with Gasteiger partial charge in [-0.2, -0.15) is 0 Å². The van der Waals surface area contributed by atoms with E-state index in [-0.39, 0.29) is 0 Å².